The number of benzene rings is 1. The summed E-state index contributed by atoms with van der Waals surface area (Å²) in [5.41, 5.74) is -0.0657. The number of pyridine rings is 1. The van der Waals surface area contributed by atoms with E-state index in [9.17, 15) is 14.4 Å². The number of piperidine rings is 1. The van der Waals surface area contributed by atoms with Crippen molar-refractivity contribution in [2.75, 3.05) is 31.6 Å². The lowest BCUT2D eigenvalue weighted by molar-refractivity contribution is -0.119. The quantitative estimate of drug-likeness (QED) is 0.696. The molecule has 2 aliphatic heterocycles. The first-order valence-electron chi connectivity index (χ1n) is 10.7. The molecule has 1 aromatic heterocycles. The van der Waals surface area contributed by atoms with Crippen molar-refractivity contribution in [3.63, 3.8) is 0 Å². The summed E-state index contributed by atoms with van der Waals surface area (Å²) in [5.74, 6) is -0.662. The highest BCUT2D eigenvalue weighted by molar-refractivity contribution is 5.92. The molecule has 1 amide bonds. The van der Waals surface area contributed by atoms with E-state index in [1.165, 1.54) is 13.3 Å². The van der Waals surface area contributed by atoms with E-state index >= 15 is 4.39 Å². The summed E-state index contributed by atoms with van der Waals surface area (Å²) in [4.78, 5) is 37.5. The second-order valence-corrected chi connectivity index (χ2v) is 8.91. The van der Waals surface area contributed by atoms with Crippen LogP contribution in [0.3, 0.4) is 0 Å². The summed E-state index contributed by atoms with van der Waals surface area (Å²) in [6.07, 6.45) is 3.46. The van der Waals surface area contributed by atoms with Gasteiger partial charge in [-0.1, -0.05) is 0 Å². The minimum Gasteiger partial charge on any atom is -0.492 e. The van der Waals surface area contributed by atoms with E-state index in [2.05, 4.69) is 10.1 Å². The number of hydrogen-bond acceptors (Lipinski definition) is 6. The summed E-state index contributed by atoms with van der Waals surface area (Å²) in [6, 6.07) is 1.20. The Kier molecular flexibility index (Phi) is 4.75. The van der Waals surface area contributed by atoms with Gasteiger partial charge in [0.1, 0.15) is 5.69 Å². The van der Waals surface area contributed by atoms with Crippen molar-refractivity contribution in [3.8, 4) is 11.5 Å². The fraction of sp³-hybridized carbons (Fsp3) is 0.500. The molecule has 0 radical (unpaired) electrons. The number of carbonyl (C=O) groups excluding carboxylic acids is 1. The van der Waals surface area contributed by atoms with E-state index in [-0.39, 0.29) is 39.9 Å². The fourth-order valence-corrected chi connectivity index (χ4v) is 5.02. The Balaban J connectivity index is 1.61. The molecule has 3 fully saturated rings. The number of rotatable bonds is 4. The van der Waals surface area contributed by atoms with E-state index < -0.39 is 17.4 Å². The van der Waals surface area contributed by atoms with Gasteiger partial charge in [0.2, 0.25) is 11.3 Å². The van der Waals surface area contributed by atoms with Gasteiger partial charge in [0.25, 0.3) is 0 Å². The van der Waals surface area contributed by atoms with Crippen LogP contribution in [0.15, 0.2) is 17.1 Å². The minimum absolute atomic E-state index is 0.0211. The molecule has 1 aromatic carbocycles. The van der Waals surface area contributed by atoms with E-state index in [0.29, 0.717) is 31.6 Å². The number of halogens is 1. The molecule has 170 valence electrons. The van der Waals surface area contributed by atoms with Crippen molar-refractivity contribution >= 4 is 28.7 Å². The van der Waals surface area contributed by atoms with E-state index in [1.807, 2.05) is 4.90 Å². The Labute approximate surface area is 182 Å². The summed E-state index contributed by atoms with van der Waals surface area (Å²) < 4.78 is 27.5. The third kappa shape index (κ3) is 3.34. The highest BCUT2D eigenvalue weighted by atomic mass is 19.1. The van der Waals surface area contributed by atoms with Crippen molar-refractivity contribution in [1.29, 1.82) is 0 Å². The van der Waals surface area contributed by atoms with Gasteiger partial charge < -0.3 is 29.4 Å². The zero-order chi connectivity index (χ0) is 22.6. The number of nitrogens with zero attached hydrogens (tertiary/aromatic N) is 2. The van der Waals surface area contributed by atoms with Crippen LogP contribution in [0, 0.1) is 11.2 Å². The number of carbonyl (C=O) groups is 2. The van der Waals surface area contributed by atoms with E-state index in [1.54, 1.807) is 4.57 Å². The van der Waals surface area contributed by atoms with Crippen molar-refractivity contribution in [3.05, 3.63) is 28.3 Å². The largest absolute Gasteiger partial charge is 0.511 e. The molecule has 3 aliphatic rings. The summed E-state index contributed by atoms with van der Waals surface area (Å²) in [6.45, 7) is 1.76. The normalized spacial score (nSPS) is 19.9. The number of ether oxygens (including phenoxy) is 2. The van der Waals surface area contributed by atoms with Gasteiger partial charge in [-0.05, 0) is 37.2 Å². The predicted molar refractivity (Wildman–Crippen MR) is 113 cm³/mol. The van der Waals surface area contributed by atoms with Crippen LogP contribution >= 0.6 is 0 Å². The number of carboxylic acid groups (broad SMARTS) is 1. The van der Waals surface area contributed by atoms with Gasteiger partial charge in [-0.15, -0.1) is 0 Å². The molecule has 0 atom stereocenters. The topological polar surface area (TPSA) is 110 Å². The van der Waals surface area contributed by atoms with E-state index in [0.717, 1.165) is 31.7 Å². The fourth-order valence-electron chi connectivity index (χ4n) is 5.02. The number of anilines is 1. The van der Waals surface area contributed by atoms with Crippen molar-refractivity contribution in [2.45, 2.75) is 38.1 Å². The molecule has 1 spiro atoms. The minimum atomic E-state index is -1.60. The maximum atomic E-state index is 15.4. The molecule has 0 bridgehead atoms. The lowest BCUT2D eigenvalue weighted by Crippen LogP contribution is -2.41. The van der Waals surface area contributed by atoms with Crippen LogP contribution in [0.5, 0.6) is 11.5 Å². The molecule has 3 heterocycles. The molecule has 1 aliphatic carbocycles. The third-order valence-corrected chi connectivity index (χ3v) is 6.84. The molecule has 2 N–H and O–H groups in total. The lowest BCUT2D eigenvalue weighted by Gasteiger charge is -2.40. The Bertz CT molecular complexity index is 1180. The number of fused-ring (bicyclic) bond motifs is 1. The van der Waals surface area contributed by atoms with Gasteiger partial charge in [-0.3, -0.25) is 9.59 Å². The summed E-state index contributed by atoms with van der Waals surface area (Å²) >= 11 is 0. The number of amides is 1. The van der Waals surface area contributed by atoms with Gasteiger partial charge in [0.15, 0.2) is 17.3 Å². The number of methoxy groups -OCH3 is 1. The molecule has 10 heteroatoms. The molecular formula is C22H24FN3O6. The Morgan fingerprint density at radius 2 is 2.00 bits per heavy atom. The SMILES string of the molecule is COc1c(N2CCC3(CC2)CNC(=O)C3)c(F)cc2c(=O)c(OC(=O)O)cn(C3CC3)c12. The van der Waals surface area contributed by atoms with Crippen molar-refractivity contribution in [2.24, 2.45) is 5.41 Å². The Hall–Kier alpha value is -3.30. The zero-order valence-electron chi connectivity index (χ0n) is 17.6. The first kappa shape index (κ1) is 20.6. The third-order valence-electron chi connectivity index (χ3n) is 6.84. The maximum absolute atomic E-state index is 15.4. The van der Waals surface area contributed by atoms with Crippen LogP contribution in [-0.4, -0.2) is 48.5 Å². The molecule has 9 nitrogen and oxygen atoms in total. The molecule has 32 heavy (non-hydrogen) atoms. The standard InChI is InChI=1S/C22H24FN3O6/c1-31-20-17-13(19(28)15(32-21(29)30)10-26(17)12-2-3-12)8-14(23)18(20)25-6-4-22(5-7-25)9-16(27)24-11-22/h8,10,12H,2-7,9,11H2,1H3,(H,24,27)(H,29,30). The summed E-state index contributed by atoms with van der Waals surface area (Å²) in [7, 11) is 1.44. The predicted octanol–water partition coefficient (Wildman–Crippen LogP) is 2.65. The number of hydrogen-bond donors (Lipinski definition) is 2. The van der Waals surface area contributed by atoms with Gasteiger partial charge in [-0.2, -0.15) is 0 Å². The zero-order valence-corrected chi connectivity index (χ0v) is 17.6. The first-order chi connectivity index (χ1) is 15.3. The average molecular weight is 445 g/mol. The number of nitrogens with one attached hydrogen (secondary N) is 1. The van der Waals surface area contributed by atoms with E-state index in [4.69, 9.17) is 9.84 Å². The molecule has 0 unspecified atom stereocenters. The summed E-state index contributed by atoms with van der Waals surface area (Å²) in [5, 5.41) is 11.9. The van der Waals surface area contributed by atoms with Crippen LogP contribution in [0.1, 0.15) is 38.1 Å². The second-order valence-electron chi connectivity index (χ2n) is 8.91. The highest BCUT2D eigenvalue weighted by Gasteiger charge is 2.42. The Morgan fingerprint density at radius 3 is 2.56 bits per heavy atom. The van der Waals surface area contributed by atoms with Gasteiger partial charge >= 0.3 is 6.16 Å². The van der Waals surface area contributed by atoms with Crippen LogP contribution in [0.2, 0.25) is 0 Å². The average Bonchev–Trinajstić information content (AvgIpc) is 3.54. The Morgan fingerprint density at radius 1 is 1.28 bits per heavy atom. The smallest absolute Gasteiger partial charge is 0.492 e. The van der Waals surface area contributed by atoms with Gasteiger partial charge in [0.05, 0.1) is 24.2 Å². The van der Waals surface area contributed by atoms with Crippen molar-refractivity contribution in [1.82, 2.24) is 9.88 Å². The molecule has 1 saturated carbocycles. The highest BCUT2D eigenvalue weighted by Crippen LogP contribution is 2.46. The molecule has 5 rings (SSSR count). The molecule has 2 aromatic rings. The lowest BCUT2D eigenvalue weighted by atomic mass is 9.77. The second kappa shape index (κ2) is 7.39. The van der Waals surface area contributed by atoms with Gasteiger partial charge in [-0.25, -0.2) is 9.18 Å². The van der Waals surface area contributed by atoms with Crippen LogP contribution in [0.4, 0.5) is 14.9 Å². The molecule has 2 saturated heterocycles. The first-order valence-corrected chi connectivity index (χ1v) is 10.7. The maximum Gasteiger partial charge on any atom is 0.511 e. The van der Waals surface area contributed by atoms with Crippen LogP contribution in [-0.2, 0) is 4.79 Å². The monoisotopic (exact) mass is 445 g/mol. The number of aromatic nitrogens is 1. The molecular weight excluding hydrogens is 421 g/mol. The van der Waals surface area contributed by atoms with Crippen LogP contribution in [0.25, 0.3) is 10.9 Å². The van der Waals surface area contributed by atoms with Gasteiger partial charge in [0, 0.05) is 32.1 Å². The van der Waals surface area contributed by atoms with Crippen LogP contribution < -0.4 is 25.1 Å². The van der Waals surface area contributed by atoms with Crippen molar-refractivity contribution < 1.29 is 28.6 Å².